The molecule has 2 aliphatic rings. The van der Waals surface area contributed by atoms with E-state index in [-0.39, 0.29) is 30.6 Å². The maximum absolute atomic E-state index is 14.0. The molecule has 1 aliphatic heterocycles. The van der Waals surface area contributed by atoms with Gasteiger partial charge in [0, 0.05) is 35.7 Å². The van der Waals surface area contributed by atoms with Crippen LogP contribution in [0.2, 0.25) is 0 Å². The maximum Gasteiger partial charge on any atom is 0.237 e. The summed E-state index contributed by atoms with van der Waals surface area (Å²) in [5, 5.41) is 6.97. The Morgan fingerprint density at radius 1 is 1.02 bits per heavy atom. The number of Topliss-reactive ketones (excluding diaryl/α,β-unsaturated/α-hetero) is 1. The molecule has 1 aliphatic carbocycles. The van der Waals surface area contributed by atoms with Gasteiger partial charge in [0.2, 0.25) is 5.91 Å². The summed E-state index contributed by atoms with van der Waals surface area (Å²) in [7, 11) is 0. The topological polar surface area (TPSA) is 74.3 Å². The number of ketones is 1. The van der Waals surface area contributed by atoms with Crippen molar-refractivity contribution in [2.75, 3.05) is 19.6 Å². The quantitative estimate of drug-likeness (QED) is 0.255. The predicted octanol–water partition coefficient (Wildman–Crippen LogP) is 5.75. The highest BCUT2D eigenvalue weighted by Crippen LogP contribution is 2.29. The maximum atomic E-state index is 14.0. The number of piperidine rings is 1. The van der Waals surface area contributed by atoms with E-state index < -0.39 is 23.7 Å². The number of nitrogens with zero attached hydrogens (tertiary/aromatic N) is 2. The second-order valence-corrected chi connectivity index (χ2v) is 12.3. The smallest absolute Gasteiger partial charge is 0.237 e. The highest BCUT2D eigenvalue weighted by Gasteiger charge is 2.27. The van der Waals surface area contributed by atoms with E-state index in [9.17, 15) is 18.4 Å². The molecule has 0 unspecified atom stereocenters. The van der Waals surface area contributed by atoms with Crippen LogP contribution >= 0.6 is 11.6 Å². The van der Waals surface area contributed by atoms with Crippen molar-refractivity contribution in [2.24, 2.45) is 0 Å². The lowest BCUT2D eigenvalue weighted by Gasteiger charge is -2.27. The number of allylic oxidation sites excluding steroid dienone is 1. The highest BCUT2D eigenvalue weighted by molar-refractivity contribution is 6.49. The molecule has 0 spiro atoms. The number of pyridine rings is 1. The number of hydrogen-bond acceptors (Lipinski definition) is 5. The molecule has 0 bridgehead atoms. The first-order valence-electron chi connectivity index (χ1n) is 15.3. The summed E-state index contributed by atoms with van der Waals surface area (Å²) in [6.07, 6.45) is 11.4. The van der Waals surface area contributed by atoms with Crippen molar-refractivity contribution < 1.29 is 18.4 Å². The first-order valence-corrected chi connectivity index (χ1v) is 15.7. The van der Waals surface area contributed by atoms with Crippen LogP contribution in [0, 0.1) is 11.6 Å². The summed E-state index contributed by atoms with van der Waals surface area (Å²) >= 11 is 6.29. The molecule has 2 N–H and O–H groups in total. The molecule has 2 aromatic rings. The van der Waals surface area contributed by atoms with Gasteiger partial charge < -0.3 is 15.5 Å². The second kappa shape index (κ2) is 15.7. The molecule has 1 aromatic heterocycles. The number of halogens is 3. The number of aromatic nitrogens is 1. The first-order chi connectivity index (χ1) is 20.2. The molecule has 6 nitrogen and oxygen atoms in total. The molecule has 42 heavy (non-hydrogen) atoms. The number of amides is 1. The van der Waals surface area contributed by atoms with Gasteiger partial charge in [-0.15, -0.1) is 0 Å². The lowest BCUT2D eigenvalue weighted by molar-refractivity contribution is -0.129. The molecule has 0 saturated carbocycles. The number of benzene rings is 1. The van der Waals surface area contributed by atoms with Gasteiger partial charge in [-0.1, -0.05) is 50.4 Å². The zero-order valence-corrected chi connectivity index (χ0v) is 25.5. The monoisotopic (exact) mass is 600 g/mol. The average molecular weight is 601 g/mol. The molecule has 1 aromatic carbocycles. The molecule has 1 amide bonds. The molecule has 2 heterocycles. The molecule has 228 valence electrons. The van der Waals surface area contributed by atoms with Crippen molar-refractivity contribution in [3.63, 3.8) is 0 Å². The third-order valence-corrected chi connectivity index (χ3v) is 8.42. The van der Waals surface area contributed by atoms with Gasteiger partial charge in [0.05, 0.1) is 17.8 Å². The summed E-state index contributed by atoms with van der Waals surface area (Å²) in [5.41, 5.74) is 3.12. The van der Waals surface area contributed by atoms with Crippen LogP contribution in [0.25, 0.3) is 5.03 Å². The van der Waals surface area contributed by atoms with Crippen molar-refractivity contribution in [1.82, 2.24) is 20.5 Å². The Morgan fingerprint density at radius 3 is 2.55 bits per heavy atom. The Kier molecular flexibility index (Phi) is 12.0. The third-order valence-electron chi connectivity index (χ3n) is 8.06. The van der Waals surface area contributed by atoms with E-state index >= 15 is 0 Å². The standard InChI is InChI=1S/C33H43ClF2N4O2/c1-22(2)38-30(8-4-7-17-40-15-5-3-6-16-40)33(42)39-31(20-23-9-12-27(35)28(36)19-23)32(41)14-10-24-18-25-26(34)11-13-29(25)37-21-24/h9,11-12,18-19,21-22,30-31,38H,3-8,10,13-17,20H2,1-2H3,(H,39,42)/t30-,31+/m1/s1. The van der Waals surface area contributed by atoms with Gasteiger partial charge in [-0.05, 0) is 87.5 Å². The largest absolute Gasteiger partial charge is 0.345 e. The lowest BCUT2D eigenvalue weighted by atomic mass is 9.96. The van der Waals surface area contributed by atoms with E-state index in [1.54, 1.807) is 6.20 Å². The van der Waals surface area contributed by atoms with Gasteiger partial charge in [-0.3, -0.25) is 14.6 Å². The van der Waals surface area contributed by atoms with Crippen molar-refractivity contribution in [3.8, 4) is 0 Å². The molecular formula is C33H43ClF2N4O2. The van der Waals surface area contributed by atoms with Crippen LogP contribution < -0.4 is 10.6 Å². The Hall–Kier alpha value is -2.68. The number of rotatable bonds is 15. The number of fused-ring (bicyclic) bond motifs is 1. The van der Waals surface area contributed by atoms with Gasteiger partial charge in [0.1, 0.15) is 0 Å². The van der Waals surface area contributed by atoms with Gasteiger partial charge in [-0.25, -0.2) is 8.78 Å². The van der Waals surface area contributed by atoms with Crippen LogP contribution in [0.5, 0.6) is 0 Å². The van der Waals surface area contributed by atoms with E-state index in [1.807, 2.05) is 26.0 Å². The number of likely N-dealkylation sites (tertiary alicyclic amines) is 1. The van der Waals surface area contributed by atoms with Crippen molar-refractivity contribution in [1.29, 1.82) is 0 Å². The van der Waals surface area contributed by atoms with Crippen molar-refractivity contribution in [2.45, 2.75) is 96.2 Å². The summed E-state index contributed by atoms with van der Waals surface area (Å²) < 4.78 is 27.6. The van der Waals surface area contributed by atoms with Gasteiger partial charge in [-0.2, -0.15) is 0 Å². The van der Waals surface area contributed by atoms with Crippen LogP contribution in [0.3, 0.4) is 0 Å². The fraction of sp³-hybridized carbons (Fsp3) is 0.545. The van der Waals surface area contributed by atoms with Gasteiger partial charge in [0.25, 0.3) is 0 Å². The minimum Gasteiger partial charge on any atom is -0.345 e. The fourth-order valence-corrected chi connectivity index (χ4v) is 6.00. The SMILES string of the molecule is CC(C)N[C@H](CCCCN1CCCCC1)C(=O)N[C@@H](Cc1ccc(F)c(F)c1)C(=O)CCc1cnc2c(c1)C(Cl)=CC2. The van der Waals surface area contributed by atoms with E-state index in [4.69, 9.17) is 11.6 Å². The summed E-state index contributed by atoms with van der Waals surface area (Å²) in [6.45, 7) is 7.31. The molecular weight excluding hydrogens is 558 g/mol. The minimum atomic E-state index is -0.979. The van der Waals surface area contributed by atoms with Crippen LogP contribution in [-0.4, -0.2) is 59.3 Å². The van der Waals surface area contributed by atoms with Crippen molar-refractivity contribution in [3.05, 3.63) is 70.6 Å². The van der Waals surface area contributed by atoms with Crippen LogP contribution in [-0.2, 0) is 28.9 Å². The molecule has 4 rings (SSSR count). The number of carbonyl (C=O) groups excluding carboxylic acids is 2. The molecule has 1 saturated heterocycles. The van der Waals surface area contributed by atoms with Crippen LogP contribution in [0.4, 0.5) is 8.78 Å². The van der Waals surface area contributed by atoms with E-state index in [0.29, 0.717) is 29.9 Å². The van der Waals surface area contributed by atoms with Gasteiger partial charge in [0.15, 0.2) is 17.4 Å². The Labute approximate surface area is 253 Å². The summed E-state index contributed by atoms with van der Waals surface area (Å²) in [6, 6.07) is 4.29. The number of aryl methyl sites for hydroxylation is 1. The normalized spacial score (nSPS) is 16.7. The predicted molar refractivity (Wildman–Crippen MR) is 163 cm³/mol. The van der Waals surface area contributed by atoms with Crippen molar-refractivity contribution >= 4 is 28.3 Å². The fourth-order valence-electron chi connectivity index (χ4n) is 5.76. The first kappa shape index (κ1) is 32.2. The van der Waals surface area contributed by atoms with E-state index in [1.165, 1.54) is 25.3 Å². The number of nitrogens with one attached hydrogen (secondary N) is 2. The number of carbonyl (C=O) groups is 2. The molecule has 9 heteroatoms. The van der Waals surface area contributed by atoms with E-state index in [0.717, 1.165) is 61.4 Å². The molecule has 1 fully saturated rings. The van der Waals surface area contributed by atoms with Crippen LogP contribution in [0.15, 0.2) is 36.5 Å². The summed E-state index contributed by atoms with van der Waals surface area (Å²) in [4.78, 5) is 34.0. The second-order valence-electron chi connectivity index (χ2n) is 11.8. The Morgan fingerprint density at radius 2 is 1.81 bits per heavy atom. The zero-order valence-electron chi connectivity index (χ0n) is 24.7. The zero-order chi connectivity index (χ0) is 30.1. The minimum absolute atomic E-state index is 0.0716. The highest BCUT2D eigenvalue weighted by atomic mass is 35.5. The number of hydrogen-bond donors (Lipinski definition) is 2. The lowest BCUT2D eigenvalue weighted by Crippen LogP contribution is -2.52. The van der Waals surface area contributed by atoms with E-state index in [2.05, 4.69) is 20.5 Å². The van der Waals surface area contributed by atoms with Crippen LogP contribution in [0.1, 0.15) is 81.2 Å². The van der Waals surface area contributed by atoms with Gasteiger partial charge >= 0.3 is 0 Å². The average Bonchev–Trinajstić information content (AvgIpc) is 3.35. The Balaban J connectivity index is 1.41. The number of unbranched alkanes of at least 4 members (excludes halogenated alkanes) is 1. The molecule has 0 radical (unpaired) electrons. The molecule has 2 atom stereocenters. The Bertz CT molecular complexity index is 1260. The third kappa shape index (κ3) is 9.41. The summed E-state index contributed by atoms with van der Waals surface area (Å²) in [5.74, 6) is -2.36.